The van der Waals surface area contributed by atoms with Crippen molar-refractivity contribution >= 4 is 27.4 Å². The van der Waals surface area contributed by atoms with Crippen molar-refractivity contribution in [3.05, 3.63) is 32.8 Å². The highest BCUT2D eigenvalue weighted by Gasteiger charge is 2.32. The van der Waals surface area contributed by atoms with Crippen LogP contribution in [0, 0.1) is 17.0 Å². The maximum Gasteiger partial charge on any atom is 0.413 e. The van der Waals surface area contributed by atoms with Gasteiger partial charge in [-0.1, -0.05) is 11.6 Å². The van der Waals surface area contributed by atoms with Crippen LogP contribution in [0.4, 0.5) is 18.9 Å². The highest BCUT2D eigenvalue weighted by molar-refractivity contribution is 7.86. The van der Waals surface area contributed by atoms with Crippen LogP contribution in [0.1, 0.15) is 5.56 Å². The molecule has 0 saturated carbocycles. The molecule has 20 heavy (non-hydrogen) atoms. The van der Waals surface area contributed by atoms with Crippen LogP contribution in [-0.2, 0) is 14.3 Å². The molecule has 0 aliphatic heterocycles. The molecule has 0 bridgehead atoms. The topological polar surface area (TPSA) is 86.5 Å². The number of nitro groups is 1. The fourth-order valence-corrected chi connectivity index (χ4v) is 2.41. The van der Waals surface area contributed by atoms with Gasteiger partial charge in [0.05, 0.1) is 9.95 Å². The third-order valence-electron chi connectivity index (χ3n) is 2.15. The molecule has 0 aromatic heterocycles. The first kappa shape index (κ1) is 16.7. The zero-order chi connectivity index (χ0) is 15.7. The Kier molecular flexibility index (Phi) is 4.62. The second kappa shape index (κ2) is 5.54. The summed E-state index contributed by atoms with van der Waals surface area (Å²) in [7, 11) is -4.80. The molecule has 0 aliphatic carbocycles. The van der Waals surface area contributed by atoms with Crippen molar-refractivity contribution in [1.82, 2.24) is 0 Å². The Morgan fingerprint density at radius 2 is 1.95 bits per heavy atom. The fraction of sp³-hybridized carbons (Fsp3) is 0.333. The lowest BCUT2D eigenvalue weighted by atomic mass is 10.2. The van der Waals surface area contributed by atoms with Gasteiger partial charge in [0, 0.05) is 11.6 Å². The number of benzene rings is 1. The number of hydrogen-bond acceptors (Lipinski definition) is 5. The van der Waals surface area contributed by atoms with E-state index in [1.807, 2.05) is 0 Å². The SMILES string of the molecule is Cc1c(Cl)cc(S(=O)(=O)OCC(F)(F)F)cc1[N+](=O)[O-]. The highest BCUT2D eigenvalue weighted by atomic mass is 35.5. The van der Waals surface area contributed by atoms with Gasteiger partial charge in [0.15, 0.2) is 6.61 Å². The second-order valence-corrected chi connectivity index (χ2v) is 5.66. The first-order chi connectivity index (χ1) is 8.94. The van der Waals surface area contributed by atoms with Crippen molar-refractivity contribution < 1.29 is 30.7 Å². The molecule has 11 heteroatoms. The molecule has 0 aliphatic rings. The summed E-state index contributed by atoms with van der Waals surface area (Å²) in [6.45, 7) is -0.762. The van der Waals surface area contributed by atoms with E-state index in [4.69, 9.17) is 11.6 Å². The number of nitro benzene ring substituents is 1. The normalized spacial score (nSPS) is 12.4. The Balaban J connectivity index is 3.23. The third kappa shape index (κ3) is 4.05. The summed E-state index contributed by atoms with van der Waals surface area (Å²) in [5.41, 5.74) is -0.641. The molecule has 0 saturated heterocycles. The molecule has 1 rings (SSSR count). The van der Waals surface area contributed by atoms with E-state index in [2.05, 4.69) is 4.18 Å². The number of alkyl halides is 3. The van der Waals surface area contributed by atoms with Gasteiger partial charge < -0.3 is 0 Å². The number of halogens is 4. The molecule has 0 unspecified atom stereocenters. The van der Waals surface area contributed by atoms with Gasteiger partial charge in [-0.05, 0) is 13.0 Å². The van der Waals surface area contributed by atoms with Gasteiger partial charge in [-0.25, -0.2) is 0 Å². The summed E-state index contributed by atoms with van der Waals surface area (Å²) in [6, 6.07) is 1.38. The molecule has 0 amide bonds. The largest absolute Gasteiger partial charge is 0.413 e. The summed E-state index contributed by atoms with van der Waals surface area (Å²) in [5.74, 6) is 0. The van der Waals surface area contributed by atoms with E-state index < -0.39 is 38.4 Å². The van der Waals surface area contributed by atoms with Gasteiger partial charge >= 0.3 is 6.18 Å². The van der Waals surface area contributed by atoms with Crippen LogP contribution in [0.5, 0.6) is 0 Å². The Morgan fingerprint density at radius 1 is 1.40 bits per heavy atom. The minimum absolute atomic E-state index is 0.00793. The van der Waals surface area contributed by atoms with E-state index in [-0.39, 0.29) is 10.6 Å². The lowest BCUT2D eigenvalue weighted by Crippen LogP contribution is -2.20. The summed E-state index contributed by atoms with van der Waals surface area (Å²) < 4.78 is 62.6. The predicted molar refractivity (Wildman–Crippen MR) is 62.0 cm³/mol. The molecule has 6 nitrogen and oxygen atoms in total. The molecular weight excluding hydrogens is 327 g/mol. The average Bonchev–Trinajstić information content (AvgIpc) is 2.28. The van der Waals surface area contributed by atoms with Crippen molar-refractivity contribution in [3.8, 4) is 0 Å². The minimum atomic E-state index is -4.85. The van der Waals surface area contributed by atoms with Crippen LogP contribution in [0.15, 0.2) is 17.0 Å². The molecule has 0 spiro atoms. The standard InChI is InChI=1S/C9H7ClF3NO5S/c1-5-7(10)2-6(3-8(5)14(15)16)20(17,18)19-4-9(11,12)13/h2-3H,4H2,1H3. The van der Waals surface area contributed by atoms with Crippen LogP contribution in [0.2, 0.25) is 5.02 Å². The van der Waals surface area contributed by atoms with Crippen LogP contribution in [0.25, 0.3) is 0 Å². The summed E-state index contributed by atoms with van der Waals surface area (Å²) in [5, 5.41) is 10.4. The van der Waals surface area contributed by atoms with Gasteiger partial charge in [0.1, 0.15) is 4.90 Å². The van der Waals surface area contributed by atoms with Gasteiger partial charge in [0.2, 0.25) is 0 Å². The van der Waals surface area contributed by atoms with Crippen molar-refractivity contribution in [3.63, 3.8) is 0 Å². The molecule has 0 heterocycles. The average molecular weight is 334 g/mol. The van der Waals surface area contributed by atoms with Crippen molar-refractivity contribution in [1.29, 1.82) is 0 Å². The van der Waals surface area contributed by atoms with Crippen LogP contribution < -0.4 is 0 Å². The highest BCUT2D eigenvalue weighted by Crippen LogP contribution is 2.30. The van der Waals surface area contributed by atoms with Crippen LogP contribution >= 0.6 is 11.6 Å². The molecule has 0 fully saturated rings. The quantitative estimate of drug-likeness (QED) is 0.480. The zero-order valence-electron chi connectivity index (χ0n) is 9.77. The molecule has 0 N–H and O–H groups in total. The molecule has 0 atom stereocenters. The van der Waals surface area contributed by atoms with Gasteiger partial charge in [0.25, 0.3) is 15.8 Å². The maximum atomic E-state index is 11.9. The Labute approximate surface area is 116 Å². The van der Waals surface area contributed by atoms with E-state index >= 15 is 0 Å². The monoisotopic (exact) mass is 333 g/mol. The summed E-state index contributed by atoms with van der Waals surface area (Å²) >= 11 is 5.61. The molecule has 0 radical (unpaired) electrons. The van der Waals surface area contributed by atoms with Crippen molar-refractivity contribution in [2.45, 2.75) is 18.0 Å². The van der Waals surface area contributed by atoms with E-state index in [9.17, 15) is 31.7 Å². The fourth-order valence-electron chi connectivity index (χ4n) is 1.19. The lowest BCUT2D eigenvalue weighted by Gasteiger charge is -2.09. The number of nitrogens with zero attached hydrogens (tertiary/aromatic N) is 1. The van der Waals surface area contributed by atoms with E-state index in [1.54, 1.807) is 0 Å². The van der Waals surface area contributed by atoms with Crippen molar-refractivity contribution in [2.75, 3.05) is 6.61 Å². The Hall–Kier alpha value is -1.39. The maximum absolute atomic E-state index is 11.9. The van der Waals surface area contributed by atoms with Crippen LogP contribution in [0.3, 0.4) is 0 Å². The lowest BCUT2D eigenvalue weighted by molar-refractivity contribution is -0.385. The zero-order valence-corrected chi connectivity index (χ0v) is 11.3. The first-order valence-corrected chi connectivity index (χ1v) is 6.63. The first-order valence-electron chi connectivity index (χ1n) is 4.85. The molecule has 1 aromatic rings. The number of hydrogen-bond donors (Lipinski definition) is 0. The third-order valence-corrected chi connectivity index (χ3v) is 3.79. The Bertz CT molecular complexity index is 644. The molecule has 1 aromatic carbocycles. The molecular formula is C9H7ClF3NO5S. The molecule has 112 valence electrons. The van der Waals surface area contributed by atoms with Gasteiger partial charge in [-0.3, -0.25) is 14.3 Å². The minimum Gasteiger partial charge on any atom is -0.258 e. The summed E-state index contributed by atoms with van der Waals surface area (Å²) in [6.07, 6.45) is -4.85. The van der Waals surface area contributed by atoms with Crippen LogP contribution in [-0.4, -0.2) is 26.1 Å². The van der Waals surface area contributed by atoms with Gasteiger partial charge in [-0.15, -0.1) is 0 Å². The second-order valence-electron chi connectivity index (χ2n) is 3.64. The van der Waals surface area contributed by atoms with Gasteiger partial charge in [-0.2, -0.15) is 21.6 Å². The number of rotatable bonds is 4. The van der Waals surface area contributed by atoms with E-state index in [1.165, 1.54) is 6.92 Å². The van der Waals surface area contributed by atoms with E-state index in [0.717, 1.165) is 6.07 Å². The van der Waals surface area contributed by atoms with E-state index in [0.29, 0.717) is 6.07 Å². The Morgan fingerprint density at radius 3 is 2.40 bits per heavy atom. The van der Waals surface area contributed by atoms with Crippen molar-refractivity contribution in [2.24, 2.45) is 0 Å². The smallest absolute Gasteiger partial charge is 0.258 e. The predicted octanol–water partition coefficient (Wildman–Crippen LogP) is 2.82. The summed E-state index contributed by atoms with van der Waals surface area (Å²) in [4.78, 5) is 8.99.